The Morgan fingerprint density at radius 2 is 1.74 bits per heavy atom. The van der Waals surface area contributed by atoms with Crippen LogP contribution >= 0.6 is 23.2 Å². The van der Waals surface area contributed by atoms with E-state index in [1.807, 2.05) is 0 Å². The number of benzene rings is 2. The molecule has 2 aromatic rings. The zero-order valence-corrected chi connectivity index (χ0v) is 11.1. The number of carbonyl (C=O) groups excluding carboxylic acids is 1. The molecule has 0 fully saturated rings. The van der Waals surface area contributed by atoms with E-state index in [4.69, 9.17) is 23.2 Å². The van der Waals surface area contributed by atoms with Crippen LogP contribution in [0, 0.1) is 11.6 Å². The lowest BCUT2D eigenvalue weighted by atomic mass is 10.0. The molecule has 0 atom stereocenters. The van der Waals surface area contributed by atoms with E-state index in [1.54, 1.807) is 12.1 Å². The van der Waals surface area contributed by atoms with Crippen molar-refractivity contribution in [3.05, 3.63) is 69.2 Å². The average Bonchev–Trinajstić information content (AvgIpc) is 2.36. The summed E-state index contributed by atoms with van der Waals surface area (Å²) < 4.78 is 26.4. The van der Waals surface area contributed by atoms with E-state index >= 15 is 0 Å². The molecule has 2 aromatic carbocycles. The van der Waals surface area contributed by atoms with Crippen LogP contribution < -0.4 is 0 Å². The summed E-state index contributed by atoms with van der Waals surface area (Å²) in [6, 6.07) is 7.47. The minimum absolute atomic E-state index is 0.0722. The van der Waals surface area contributed by atoms with Crippen molar-refractivity contribution >= 4 is 29.0 Å². The molecule has 0 radical (unpaired) electrons. The maximum absolute atomic E-state index is 13.4. The van der Waals surface area contributed by atoms with Gasteiger partial charge in [-0.25, -0.2) is 8.78 Å². The SMILES string of the molecule is O=C(Cc1ccc(Cl)c(Cl)c1)c1cc(F)ccc1F. The molecule has 0 bridgehead atoms. The Kier molecular flexibility index (Phi) is 4.17. The predicted octanol–water partition coefficient (Wildman–Crippen LogP) is 4.70. The normalized spacial score (nSPS) is 10.5. The van der Waals surface area contributed by atoms with Crippen LogP contribution in [0.2, 0.25) is 10.0 Å². The molecular formula is C14H8Cl2F2O. The first kappa shape index (κ1) is 14.0. The van der Waals surface area contributed by atoms with Crippen molar-refractivity contribution in [2.75, 3.05) is 0 Å². The second-order valence-corrected chi connectivity index (χ2v) is 4.79. The van der Waals surface area contributed by atoms with E-state index < -0.39 is 17.4 Å². The molecular weight excluding hydrogens is 293 g/mol. The van der Waals surface area contributed by atoms with Gasteiger partial charge in [-0.2, -0.15) is 0 Å². The van der Waals surface area contributed by atoms with Crippen molar-refractivity contribution in [1.82, 2.24) is 0 Å². The molecule has 0 aromatic heterocycles. The van der Waals surface area contributed by atoms with Crippen LogP contribution in [0.4, 0.5) is 8.78 Å². The average molecular weight is 301 g/mol. The van der Waals surface area contributed by atoms with Gasteiger partial charge >= 0.3 is 0 Å². The third-order valence-electron chi connectivity index (χ3n) is 2.58. The molecule has 0 unspecified atom stereocenters. The van der Waals surface area contributed by atoms with E-state index in [1.165, 1.54) is 6.07 Å². The van der Waals surface area contributed by atoms with Gasteiger partial charge < -0.3 is 0 Å². The highest BCUT2D eigenvalue weighted by atomic mass is 35.5. The van der Waals surface area contributed by atoms with Gasteiger partial charge in [-0.3, -0.25) is 4.79 Å². The van der Waals surface area contributed by atoms with Crippen molar-refractivity contribution in [3.8, 4) is 0 Å². The highest BCUT2D eigenvalue weighted by Gasteiger charge is 2.14. The molecule has 0 spiro atoms. The Hall–Kier alpha value is -1.45. The fourth-order valence-corrected chi connectivity index (χ4v) is 1.96. The van der Waals surface area contributed by atoms with E-state index in [0.29, 0.717) is 15.6 Å². The lowest BCUT2D eigenvalue weighted by Gasteiger charge is -2.04. The largest absolute Gasteiger partial charge is 0.294 e. The Labute approximate surface area is 118 Å². The van der Waals surface area contributed by atoms with Crippen LogP contribution in [0.5, 0.6) is 0 Å². The van der Waals surface area contributed by atoms with Gasteiger partial charge in [-0.05, 0) is 35.9 Å². The smallest absolute Gasteiger partial charge is 0.170 e. The topological polar surface area (TPSA) is 17.1 Å². The molecule has 0 aliphatic rings. The van der Waals surface area contributed by atoms with Crippen molar-refractivity contribution < 1.29 is 13.6 Å². The first-order valence-electron chi connectivity index (χ1n) is 5.39. The van der Waals surface area contributed by atoms with Crippen LogP contribution in [0.3, 0.4) is 0 Å². The fourth-order valence-electron chi connectivity index (χ4n) is 1.64. The van der Waals surface area contributed by atoms with Gasteiger partial charge in [0.2, 0.25) is 0 Å². The van der Waals surface area contributed by atoms with Crippen molar-refractivity contribution in [1.29, 1.82) is 0 Å². The first-order valence-corrected chi connectivity index (χ1v) is 6.15. The molecule has 0 amide bonds. The zero-order chi connectivity index (χ0) is 14.0. The van der Waals surface area contributed by atoms with E-state index in [2.05, 4.69) is 0 Å². The lowest BCUT2D eigenvalue weighted by molar-refractivity contribution is 0.0988. The van der Waals surface area contributed by atoms with Gasteiger partial charge in [0.05, 0.1) is 15.6 Å². The summed E-state index contributed by atoms with van der Waals surface area (Å²) in [4.78, 5) is 11.9. The minimum atomic E-state index is -0.744. The summed E-state index contributed by atoms with van der Waals surface area (Å²) in [7, 11) is 0. The quantitative estimate of drug-likeness (QED) is 0.751. The summed E-state index contributed by atoms with van der Waals surface area (Å²) in [5.41, 5.74) is 0.314. The molecule has 19 heavy (non-hydrogen) atoms. The van der Waals surface area contributed by atoms with Gasteiger partial charge in [-0.15, -0.1) is 0 Å². The number of rotatable bonds is 3. The highest BCUT2D eigenvalue weighted by molar-refractivity contribution is 6.42. The fraction of sp³-hybridized carbons (Fsp3) is 0.0714. The number of Topliss-reactive ketones (excluding diaryl/α,β-unsaturated/α-hetero) is 1. The lowest BCUT2D eigenvalue weighted by Crippen LogP contribution is -2.06. The summed E-state index contributed by atoms with van der Waals surface area (Å²) >= 11 is 11.6. The number of hydrogen-bond donors (Lipinski definition) is 0. The van der Waals surface area contributed by atoms with Crippen molar-refractivity contribution in [3.63, 3.8) is 0 Å². The Bertz CT molecular complexity index is 641. The van der Waals surface area contributed by atoms with Crippen LogP contribution in [0.1, 0.15) is 15.9 Å². The molecule has 0 aliphatic heterocycles. The standard InChI is InChI=1S/C14H8Cl2F2O/c15-11-3-1-8(5-12(11)16)6-14(19)10-7-9(17)2-4-13(10)18/h1-5,7H,6H2. The molecule has 5 heteroatoms. The maximum atomic E-state index is 13.4. The Morgan fingerprint density at radius 1 is 1.00 bits per heavy atom. The Morgan fingerprint density at radius 3 is 2.42 bits per heavy atom. The number of hydrogen-bond acceptors (Lipinski definition) is 1. The summed E-state index contributed by atoms with van der Waals surface area (Å²) in [6.45, 7) is 0. The minimum Gasteiger partial charge on any atom is -0.294 e. The molecule has 0 saturated carbocycles. The predicted molar refractivity (Wildman–Crippen MR) is 70.9 cm³/mol. The number of ketones is 1. The van der Waals surface area contributed by atoms with Gasteiger partial charge in [0.25, 0.3) is 0 Å². The number of carbonyl (C=O) groups is 1. The second kappa shape index (κ2) is 5.68. The van der Waals surface area contributed by atoms with Gasteiger partial charge in [0.1, 0.15) is 11.6 Å². The molecule has 1 nitrogen and oxygen atoms in total. The van der Waals surface area contributed by atoms with E-state index in [-0.39, 0.29) is 12.0 Å². The van der Waals surface area contributed by atoms with Gasteiger partial charge in [-0.1, -0.05) is 29.3 Å². The Balaban J connectivity index is 2.25. The molecule has 0 N–H and O–H groups in total. The molecule has 0 aliphatic carbocycles. The van der Waals surface area contributed by atoms with Crippen LogP contribution in [0.25, 0.3) is 0 Å². The van der Waals surface area contributed by atoms with Gasteiger partial charge in [0, 0.05) is 6.42 Å². The summed E-state index contributed by atoms with van der Waals surface area (Å²) in [6.07, 6.45) is -0.0722. The van der Waals surface area contributed by atoms with Crippen LogP contribution in [-0.4, -0.2) is 5.78 Å². The monoisotopic (exact) mass is 300 g/mol. The molecule has 2 rings (SSSR count). The summed E-state index contributed by atoms with van der Waals surface area (Å²) in [5.74, 6) is -1.92. The second-order valence-electron chi connectivity index (χ2n) is 3.97. The zero-order valence-electron chi connectivity index (χ0n) is 9.59. The summed E-state index contributed by atoms with van der Waals surface area (Å²) in [5, 5.41) is 0.682. The molecule has 98 valence electrons. The van der Waals surface area contributed by atoms with Crippen LogP contribution in [-0.2, 0) is 6.42 Å². The van der Waals surface area contributed by atoms with Crippen molar-refractivity contribution in [2.24, 2.45) is 0 Å². The molecule has 0 saturated heterocycles. The third-order valence-corrected chi connectivity index (χ3v) is 3.32. The molecule has 0 heterocycles. The van der Waals surface area contributed by atoms with E-state index in [9.17, 15) is 13.6 Å². The third kappa shape index (κ3) is 3.31. The number of halogens is 4. The first-order chi connectivity index (χ1) is 8.97. The van der Waals surface area contributed by atoms with Gasteiger partial charge in [0.15, 0.2) is 5.78 Å². The van der Waals surface area contributed by atoms with Crippen LogP contribution in [0.15, 0.2) is 36.4 Å². The maximum Gasteiger partial charge on any atom is 0.170 e. The van der Waals surface area contributed by atoms with Crippen molar-refractivity contribution in [2.45, 2.75) is 6.42 Å². The van der Waals surface area contributed by atoms with E-state index in [0.717, 1.165) is 18.2 Å². The highest BCUT2D eigenvalue weighted by Crippen LogP contribution is 2.23.